The molecule has 0 aliphatic carbocycles. The van der Waals surface area contributed by atoms with E-state index < -0.39 is 10.2 Å². The molecule has 102 valence electrons. The van der Waals surface area contributed by atoms with Crippen LogP contribution in [0.1, 0.15) is 45.4 Å². The molecular weight excluding hydrogens is 304 g/mol. The van der Waals surface area contributed by atoms with Crippen LogP contribution in [0.4, 0.5) is 0 Å². The maximum atomic E-state index is 12.1. The van der Waals surface area contributed by atoms with Gasteiger partial charge >= 0.3 is 0 Å². The predicted molar refractivity (Wildman–Crippen MR) is 74.6 cm³/mol. The Bertz CT molecular complexity index is 301. The molecule has 0 aromatic heterocycles. The third-order valence-electron chi connectivity index (χ3n) is 3.03. The number of halogens is 1. The van der Waals surface area contributed by atoms with Crippen molar-refractivity contribution in [3.05, 3.63) is 0 Å². The van der Waals surface area contributed by atoms with Gasteiger partial charge in [0.05, 0.1) is 0 Å². The summed E-state index contributed by atoms with van der Waals surface area (Å²) >= 11 is 3.36. The highest BCUT2D eigenvalue weighted by Crippen LogP contribution is 2.13. The molecule has 0 aromatic carbocycles. The highest BCUT2D eigenvalue weighted by atomic mass is 79.9. The van der Waals surface area contributed by atoms with Crippen LogP contribution in [0.2, 0.25) is 0 Å². The second kappa shape index (κ2) is 7.71. The van der Waals surface area contributed by atoms with Crippen molar-refractivity contribution in [2.75, 3.05) is 18.4 Å². The van der Waals surface area contributed by atoms with Crippen molar-refractivity contribution in [2.24, 2.45) is 0 Å². The SMILES string of the molecule is CC(CCCBr)NS(=O)(=O)N1CCCCCC1. The number of nitrogens with one attached hydrogen (secondary N) is 1. The molecule has 1 fully saturated rings. The van der Waals surface area contributed by atoms with Crippen molar-refractivity contribution in [1.82, 2.24) is 9.03 Å². The van der Waals surface area contributed by atoms with Crippen LogP contribution in [0.3, 0.4) is 0 Å². The Morgan fingerprint density at radius 2 is 1.82 bits per heavy atom. The Morgan fingerprint density at radius 1 is 1.24 bits per heavy atom. The standard InChI is InChI=1S/C11H23BrN2O2S/c1-11(7-6-8-12)13-17(15,16)14-9-4-2-3-5-10-14/h11,13H,2-10H2,1H3. The Balaban J connectivity index is 2.48. The minimum absolute atomic E-state index is 0.0146. The van der Waals surface area contributed by atoms with Crippen molar-refractivity contribution in [3.8, 4) is 0 Å². The van der Waals surface area contributed by atoms with Crippen molar-refractivity contribution >= 4 is 26.1 Å². The molecule has 1 aliphatic rings. The largest absolute Gasteiger partial charge is 0.279 e. The average molecular weight is 327 g/mol. The topological polar surface area (TPSA) is 49.4 Å². The Kier molecular flexibility index (Phi) is 6.99. The van der Waals surface area contributed by atoms with Gasteiger partial charge in [-0.15, -0.1) is 0 Å². The summed E-state index contributed by atoms with van der Waals surface area (Å²) < 4.78 is 28.6. The summed E-state index contributed by atoms with van der Waals surface area (Å²) in [5.41, 5.74) is 0. The smallest absolute Gasteiger partial charge is 0.199 e. The number of hydrogen-bond donors (Lipinski definition) is 1. The highest BCUT2D eigenvalue weighted by Gasteiger charge is 2.24. The van der Waals surface area contributed by atoms with E-state index in [4.69, 9.17) is 0 Å². The summed E-state index contributed by atoms with van der Waals surface area (Å²) in [5.74, 6) is 0. The molecular formula is C11H23BrN2O2S. The van der Waals surface area contributed by atoms with E-state index in [0.29, 0.717) is 13.1 Å². The van der Waals surface area contributed by atoms with E-state index in [0.717, 1.165) is 43.9 Å². The van der Waals surface area contributed by atoms with E-state index >= 15 is 0 Å². The molecule has 1 unspecified atom stereocenters. The molecule has 6 heteroatoms. The fraction of sp³-hybridized carbons (Fsp3) is 1.00. The van der Waals surface area contributed by atoms with Crippen molar-refractivity contribution in [3.63, 3.8) is 0 Å². The molecule has 1 saturated heterocycles. The van der Waals surface area contributed by atoms with Gasteiger partial charge in [-0.2, -0.15) is 17.4 Å². The Hall–Kier alpha value is 0.350. The van der Waals surface area contributed by atoms with Gasteiger partial charge in [-0.25, -0.2) is 0 Å². The monoisotopic (exact) mass is 326 g/mol. The van der Waals surface area contributed by atoms with E-state index in [2.05, 4.69) is 20.7 Å². The van der Waals surface area contributed by atoms with Gasteiger partial charge in [-0.05, 0) is 32.6 Å². The van der Waals surface area contributed by atoms with Gasteiger partial charge in [0, 0.05) is 24.5 Å². The van der Waals surface area contributed by atoms with Crippen LogP contribution in [0.25, 0.3) is 0 Å². The van der Waals surface area contributed by atoms with Crippen molar-refractivity contribution in [1.29, 1.82) is 0 Å². The molecule has 4 nitrogen and oxygen atoms in total. The van der Waals surface area contributed by atoms with Crippen molar-refractivity contribution < 1.29 is 8.42 Å². The van der Waals surface area contributed by atoms with Crippen LogP contribution in [-0.2, 0) is 10.2 Å². The third-order valence-corrected chi connectivity index (χ3v) is 5.33. The molecule has 1 atom stereocenters. The second-order valence-corrected chi connectivity index (χ2v) is 7.16. The van der Waals surface area contributed by atoms with Crippen LogP contribution in [-0.4, -0.2) is 37.2 Å². The van der Waals surface area contributed by atoms with Gasteiger partial charge in [0.15, 0.2) is 0 Å². The lowest BCUT2D eigenvalue weighted by molar-refractivity contribution is 0.406. The van der Waals surface area contributed by atoms with Crippen LogP contribution in [0, 0.1) is 0 Å². The zero-order chi connectivity index (χ0) is 12.7. The lowest BCUT2D eigenvalue weighted by Gasteiger charge is -2.23. The molecule has 0 radical (unpaired) electrons. The first-order chi connectivity index (χ1) is 8.06. The maximum absolute atomic E-state index is 12.1. The average Bonchev–Trinajstić information content (AvgIpc) is 2.54. The molecule has 17 heavy (non-hydrogen) atoms. The third kappa shape index (κ3) is 5.68. The van der Waals surface area contributed by atoms with E-state index in [9.17, 15) is 8.42 Å². The number of alkyl halides is 1. The fourth-order valence-corrected chi connectivity index (χ4v) is 3.89. The summed E-state index contributed by atoms with van der Waals surface area (Å²) in [6.07, 6.45) is 6.12. The summed E-state index contributed by atoms with van der Waals surface area (Å²) in [6.45, 7) is 3.26. The molecule has 0 saturated carbocycles. The molecule has 1 aliphatic heterocycles. The summed E-state index contributed by atoms with van der Waals surface area (Å²) in [5, 5.41) is 0.919. The summed E-state index contributed by atoms with van der Waals surface area (Å²) in [7, 11) is -3.27. The first-order valence-corrected chi connectivity index (χ1v) is 8.96. The molecule has 1 heterocycles. The normalized spacial score (nSPS) is 21.1. The Labute approximate surface area is 113 Å². The fourth-order valence-electron chi connectivity index (χ4n) is 2.05. The van der Waals surface area contributed by atoms with Gasteiger partial charge in [-0.1, -0.05) is 28.8 Å². The Morgan fingerprint density at radius 3 is 2.35 bits per heavy atom. The number of nitrogens with zero attached hydrogens (tertiary/aromatic N) is 1. The molecule has 0 bridgehead atoms. The second-order valence-electron chi connectivity index (χ2n) is 4.67. The van der Waals surface area contributed by atoms with Gasteiger partial charge in [0.1, 0.15) is 0 Å². The van der Waals surface area contributed by atoms with Crippen LogP contribution >= 0.6 is 15.9 Å². The number of rotatable bonds is 6. The van der Waals surface area contributed by atoms with Gasteiger partial charge in [0.2, 0.25) is 0 Å². The van der Waals surface area contributed by atoms with Gasteiger partial charge in [0.25, 0.3) is 10.2 Å². The van der Waals surface area contributed by atoms with Gasteiger partial charge in [-0.3, -0.25) is 0 Å². The zero-order valence-corrected chi connectivity index (χ0v) is 12.9. The predicted octanol–water partition coefficient (Wildman–Crippen LogP) is 2.26. The zero-order valence-electron chi connectivity index (χ0n) is 10.5. The molecule has 0 aromatic rings. The quantitative estimate of drug-likeness (QED) is 0.761. The van der Waals surface area contributed by atoms with Crippen LogP contribution < -0.4 is 4.72 Å². The molecule has 1 N–H and O–H groups in total. The lowest BCUT2D eigenvalue weighted by atomic mass is 10.2. The minimum Gasteiger partial charge on any atom is -0.199 e. The van der Waals surface area contributed by atoms with E-state index in [-0.39, 0.29) is 6.04 Å². The maximum Gasteiger partial charge on any atom is 0.279 e. The molecule has 0 amide bonds. The van der Waals surface area contributed by atoms with Gasteiger partial charge < -0.3 is 0 Å². The first kappa shape index (κ1) is 15.4. The highest BCUT2D eigenvalue weighted by molar-refractivity contribution is 9.09. The van der Waals surface area contributed by atoms with E-state index in [1.54, 1.807) is 4.31 Å². The summed E-state index contributed by atoms with van der Waals surface area (Å²) in [4.78, 5) is 0. The molecule has 0 spiro atoms. The van der Waals surface area contributed by atoms with Crippen LogP contribution in [0.5, 0.6) is 0 Å². The van der Waals surface area contributed by atoms with Crippen molar-refractivity contribution in [2.45, 2.75) is 51.5 Å². The van der Waals surface area contributed by atoms with Crippen LogP contribution in [0.15, 0.2) is 0 Å². The lowest BCUT2D eigenvalue weighted by Crippen LogP contribution is -2.44. The van der Waals surface area contributed by atoms with E-state index in [1.165, 1.54) is 0 Å². The number of hydrogen-bond acceptors (Lipinski definition) is 2. The minimum atomic E-state index is -3.27. The molecule has 1 rings (SSSR count). The first-order valence-electron chi connectivity index (χ1n) is 6.39. The summed E-state index contributed by atoms with van der Waals surface area (Å²) in [6, 6.07) is 0.0146. The van der Waals surface area contributed by atoms with E-state index in [1.807, 2.05) is 6.92 Å².